The van der Waals surface area contributed by atoms with Crippen LogP contribution in [-0.2, 0) is 11.2 Å². The van der Waals surface area contributed by atoms with Crippen LogP contribution in [-0.4, -0.2) is 19.8 Å². The Morgan fingerprint density at radius 1 is 1.39 bits per heavy atom. The molecule has 4 nitrogen and oxygen atoms in total. The minimum absolute atomic E-state index is 0.288. The van der Waals surface area contributed by atoms with E-state index < -0.39 is 5.41 Å². The van der Waals surface area contributed by atoms with Crippen molar-refractivity contribution in [1.82, 2.24) is 0 Å². The summed E-state index contributed by atoms with van der Waals surface area (Å²) in [6, 6.07) is 8.03. The van der Waals surface area contributed by atoms with E-state index in [1.807, 2.05) is 12.1 Å². The van der Waals surface area contributed by atoms with Gasteiger partial charge in [-0.15, -0.1) is 0 Å². The summed E-state index contributed by atoms with van der Waals surface area (Å²) >= 11 is 0. The summed E-state index contributed by atoms with van der Waals surface area (Å²) in [6.07, 6.45) is 2.06. The largest absolute Gasteiger partial charge is 0.493 e. The number of nitrogens with zero attached hydrogens (tertiary/aromatic N) is 1. The smallest absolute Gasteiger partial charge is 0.123 e. The second kappa shape index (κ2) is 4.27. The summed E-state index contributed by atoms with van der Waals surface area (Å²) in [4.78, 5) is 0. The van der Waals surface area contributed by atoms with Crippen LogP contribution in [0.4, 0.5) is 0 Å². The molecule has 2 N–H and O–H groups in total. The van der Waals surface area contributed by atoms with Crippen LogP contribution in [0, 0.1) is 16.7 Å². The standard InChI is InChI=1S/C14H16N2O2/c15-7-14(8-17-9-14)13(16)11-3-4-12-10(6-11)2-1-5-18-12/h3-4,6,13H,1-2,5,8-9,16H2. The lowest BCUT2D eigenvalue weighted by Gasteiger charge is -2.40. The topological polar surface area (TPSA) is 68.3 Å². The lowest BCUT2D eigenvalue weighted by Crippen LogP contribution is -2.49. The molecular weight excluding hydrogens is 228 g/mol. The van der Waals surface area contributed by atoms with E-state index in [1.54, 1.807) is 0 Å². The van der Waals surface area contributed by atoms with Crippen molar-refractivity contribution in [2.24, 2.45) is 11.1 Å². The molecule has 1 atom stereocenters. The van der Waals surface area contributed by atoms with Crippen LogP contribution in [0.3, 0.4) is 0 Å². The number of nitriles is 1. The first-order valence-corrected chi connectivity index (χ1v) is 6.25. The number of nitrogens with two attached hydrogens (primary N) is 1. The van der Waals surface area contributed by atoms with Gasteiger partial charge in [0.1, 0.15) is 11.2 Å². The van der Waals surface area contributed by atoms with Crippen molar-refractivity contribution in [2.75, 3.05) is 19.8 Å². The molecular formula is C14H16N2O2. The van der Waals surface area contributed by atoms with Crippen molar-refractivity contribution < 1.29 is 9.47 Å². The third-order valence-electron chi connectivity index (χ3n) is 3.83. The second-order valence-electron chi connectivity index (χ2n) is 5.06. The number of ether oxygens (including phenoxy) is 2. The lowest BCUT2D eigenvalue weighted by molar-refractivity contribution is -0.0910. The first-order valence-electron chi connectivity index (χ1n) is 6.25. The SMILES string of the molecule is N#CC1(C(N)c2ccc3c(c2)CCCO3)COC1. The highest BCUT2D eigenvalue weighted by molar-refractivity contribution is 5.40. The lowest BCUT2D eigenvalue weighted by atomic mass is 9.76. The highest BCUT2D eigenvalue weighted by atomic mass is 16.5. The Labute approximate surface area is 106 Å². The predicted molar refractivity (Wildman–Crippen MR) is 66.1 cm³/mol. The van der Waals surface area contributed by atoms with Gasteiger partial charge in [-0.1, -0.05) is 12.1 Å². The van der Waals surface area contributed by atoms with Crippen LogP contribution in [0.2, 0.25) is 0 Å². The van der Waals surface area contributed by atoms with Crippen LogP contribution >= 0.6 is 0 Å². The Balaban J connectivity index is 1.90. The average Bonchev–Trinajstić information content (AvgIpc) is 2.37. The molecule has 2 aliphatic rings. The fourth-order valence-electron chi connectivity index (χ4n) is 2.53. The van der Waals surface area contributed by atoms with Gasteiger partial charge < -0.3 is 15.2 Å². The Bertz CT molecular complexity index is 503. The van der Waals surface area contributed by atoms with Crippen molar-refractivity contribution in [3.05, 3.63) is 29.3 Å². The Kier molecular flexibility index (Phi) is 2.73. The molecule has 1 saturated heterocycles. The van der Waals surface area contributed by atoms with Crippen molar-refractivity contribution in [2.45, 2.75) is 18.9 Å². The monoisotopic (exact) mass is 244 g/mol. The van der Waals surface area contributed by atoms with Gasteiger partial charge in [0.25, 0.3) is 0 Å². The molecule has 1 fully saturated rings. The van der Waals surface area contributed by atoms with Gasteiger partial charge >= 0.3 is 0 Å². The van der Waals surface area contributed by atoms with Crippen LogP contribution < -0.4 is 10.5 Å². The molecule has 3 rings (SSSR count). The first kappa shape index (κ1) is 11.5. The van der Waals surface area contributed by atoms with Gasteiger partial charge in [-0.2, -0.15) is 5.26 Å². The van der Waals surface area contributed by atoms with Gasteiger partial charge in [0.05, 0.1) is 31.9 Å². The van der Waals surface area contributed by atoms with E-state index in [2.05, 4.69) is 12.1 Å². The van der Waals surface area contributed by atoms with Crippen molar-refractivity contribution >= 4 is 0 Å². The molecule has 0 saturated carbocycles. The van der Waals surface area contributed by atoms with Crippen molar-refractivity contribution in [3.8, 4) is 11.8 Å². The molecule has 18 heavy (non-hydrogen) atoms. The van der Waals surface area contributed by atoms with Crippen molar-refractivity contribution in [1.29, 1.82) is 5.26 Å². The summed E-state index contributed by atoms with van der Waals surface area (Å²) in [5.41, 5.74) is 7.88. The number of aryl methyl sites for hydroxylation is 1. The van der Waals surface area contributed by atoms with Gasteiger partial charge in [0.15, 0.2) is 0 Å². The molecule has 1 unspecified atom stereocenters. The molecule has 2 heterocycles. The summed E-state index contributed by atoms with van der Waals surface area (Å²) in [7, 11) is 0. The van der Waals surface area contributed by atoms with E-state index in [9.17, 15) is 5.26 Å². The number of rotatable bonds is 2. The third-order valence-corrected chi connectivity index (χ3v) is 3.83. The van der Waals surface area contributed by atoms with E-state index in [-0.39, 0.29) is 6.04 Å². The minimum atomic E-state index is -0.552. The zero-order valence-electron chi connectivity index (χ0n) is 10.2. The molecule has 0 radical (unpaired) electrons. The molecule has 0 aromatic heterocycles. The second-order valence-corrected chi connectivity index (χ2v) is 5.06. The number of fused-ring (bicyclic) bond motifs is 1. The summed E-state index contributed by atoms with van der Waals surface area (Å²) < 4.78 is 10.7. The fourth-order valence-corrected chi connectivity index (χ4v) is 2.53. The average molecular weight is 244 g/mol. The first-order chi connectivity index (χ1) is 8.75. The Morgan fingerprint density at radius 3 is 2.89 bits per heavy atom. The molecule has 94 valence electrons. The van der Waals surface area contributed by atoms with E-state index in [0.29, 0.717) is 13.2 Å². The number of hydrogen-bond donors (Lipinski definition) is 1. The van der Waals surface area contributed by atoms with E-state index in [1.165, 1.54) is 5.56 Å². The van der Waals surface area contributed by atoms with Crippen LogP contribution in [0.15, 0.2) is 18.2 Å². The Morgan fingerprint density at radius 2 is 2.22 bits per heavy atom. The minimum Gasteiger partial charge on any atom is -0.493 e. The van der Waals surface area contributed by atoms with Gasteiger partial charge in [0, 0.05) is 0 Å². The quantitative estimate of drug-likeness (QED) is 0.857. The summed E-state index contributed by atoms with van der Waals surface area (Å²) in [5, 5.41) is 9.27. The fraction of sp³-hybridized carbons (Fsp3) is 0.500. The van der Waals surface area contributed by atoms with Gasteiger partial charge in [-0.25, -0.2) is 0 Å². The van der Waals surface area contributed by atoms with Crippen LogP contribution in [0.5, 0.6) is 5.75 Å². The highest BCUT2D eigenvalue weighted by Gasteiger charge is 2.45. The molecule has 1 aromatic carbocycles. The molecule has 0 spiro atoms. The zero-order chi connectivity index (χ0) is 12.6. The summed E-state index contributed by atoms with van der Waals surface area (Å²) in [6.45, 7) is 1.64. The number of benzene rings is 1. The van der Waals surface area contributed by atoms with Gasteiger partial charge in [0.2, 0.25) is 0 Å². The molecule has 1 aromatic rings. The molecule has 0 amide bonds. The van der Waals surface area contributed by atoms with E-state index in [4.69, 9.17) is 15.2 Å². The highest BCUT2D eigenvalue weighted by Crippen LogP contribution is 2.39. The van der Waals surface area contributed by atoms with Gasteiger partial charge in [-0.05, 0) is 30.0 Å². The Hall–Kier alpha value is -1.57. The number of hydrogen-bond acceptors (Lipinski definition) is 4. The maximum atomic E-state index is 9.27. The summed E-state index contributed by atoms with van der Waals surface area (Å²) in [5.74, 6) is 0.952. The molecule has 4 heteroatoms. The molecule has 0 bridgehead atoms. The van der Waals surface area contributed by atoms with E-state index >= 15 is 0 Å². The molecule has 2 aliphatic heterocycles. The molecule has 0 aliphatic carbocycles. The van der Waals surface area contributed by atoms with Crippen molar-refractivity contribution in [3.63, 3.8) is 0 Å². The van der Waals surface area contributed by atoms with Crippen LogP contribution in [0.25, 0.3) is 0 Å². The third kappa shape index (κ3) is 1.67. The maximum absolute atomic E-state index is 9.27. The van der Waals surface area contributed by atoms with E-state index in [0.717, 1.165) is 30.8 Å². The maximum Gasteiger partial charge on any atom is 0.123 e. The predicted octanol–water partition coefficient (Wildman–Crippen LogP) is 1.55. The van der Waals surface area contributed by atoms with Gasteiger partial charge in [-0.3, -0.25) is 0 Å². The van der Waals surface area contributed by atoms with Crippen LogP contribution in [0.1, 0.15) is 23.6 Å². The zero-order valence-corrected chi connectivity index (χ0v) is 10.2. The normalized spacial score (nSPS) is 22.0.